The van der Waals surface area contributed by atoms with Crippen molar-refractivity contribution >= 4 is 56.0 Å². The fraction of sp³-hybridized carbons (Fsp3) is 0.231. The minimum absolute atomic E-state index is 0. The molecule has 20 heteroatoms. The minimum atomic E-state index is -3.85. The van der Waals surface area contributed by atoms with Crippen LogP contribution in [0.2, 0.25) is 10.0 Å². The first-order valence-corrected chi connectivity index (χ1v) is 20.0. The van der Waals surface area contributed by atoms with Crippen LogP contribution in [-0.4, -0.2) is 67.7 Å². The van der Waals surface area contributed by atoms with Crippen molar-refractivity contribution in [2.24, 2.45) is 20.5 Å². The van der Waals surface area contributed by atoms with Gasteiger partial charge in [-0.25, -0.2) is 13.1 Å². The molecule has 0 aliphatic carbocycles. The summed E-state index contributed by atoms with van der Waals surface area (Å²) in [7, 11) is -3.85. The second-order valence-electron chi connectivity index (χ2n) is 12.8. The maximum absolute atomic E-state index is 12.5. The summed E-state index contributed by atoms with van der Waals surface area (Å²) in [4.78, 5) is -0.102. The van der Waals surface area contributed by atoms with Crippen LogP contribution in [0.15, 0.2) is 110 Å². The van der Waals surface area contributed by atoms with Crippen LogP contribution in [0.3, 0.4) is 0 Å². The molecule has 0 atom stereocenters. The van der Waals surface area contributed by atoms with E-state index in [4.69, 9.17) is 27.9 Å². The van der Waals surface area contributed by atoms with E-state index in [1.807, 2.05) is 26.8 Å². The Balaban J connectivity index is 0.000000265. The van der Waals surface area contributed by atoms with Gasteiger partial charge in [0.25, 0.3) is 0 Å². The normalized spacial score (nSPS) is 11.6. The van der Waals surface area contributed by atoms with E-state index < -0.39 is 10.0 Å². The number of sulfonamides is 1. The van der Waals surface area contributed by atoms with E-state index in [9.17, 15) is 28.8 Å². The molecule has 5 N–H and O–H groups in total. The average Bonchev–Trinajstić information content (AvgIpc) is 3.64. The van der Waals surface area contributed by atoms with Crippen molar-refractivity contribution in [3.05, 3.63) is 112 Å². The van der Waals surface area contributed by atoms with Gasteiger partial charge < -0.3 is 25.2 Å². The monoisotopic (exact) mass is 908 g/mol. The SMILES string of the molecule is CCc1ccc(O)c(N=Nc2c(C)nn(-c3cccc(Cl)c3)c2O)c1.Cc1nn(-c2cccc(Cl)c2)c(O)c1N=Nc1cc(S(=O)(=O)NCCOC(C)C)ccc1O.[Co]. The van der Waals surface area contributed by atoms with Crippen molar-refractivity contribution < 1.29 is 50.4 Å². The third kappa shape index (κ3) is 11.9. The van der Waals surface area contributed by atoms with Crippen LogP contribution in [0.4, 0.5) is 22.7 Å². The average molecular weight is 910 g/mol. The van der Waals surface area contributed by atoms with Crippen LogP contribution in [0.25, 0.3) is 11.4 Å². The predicted octanol–water partition coefficient (Wildman–Crippen LogP) is 9.58. The Hall–Kier alpha value is -5.34. The molecular formula is C39H41Cl2CoN9O7S. The number of nitrogens with zero attached hydrogens (tertiary/aromatic N) is 8. The number of aromatic hydroxyl groups is 4. The van der Waals surface area contributed by atoms with Gasteiger partial charge in [-0.05, 0) is 106 Å². The zero-order valence-corrected chi connectivity index (χ0v) is 35.7. The number of ether oxygens (including phenoxy) is 1. The number of azo groups is 2. The summed E-state index contributed by atoms with van der Waals surface area (Å²) in [6, 6.07) is 22.5. The van der Waals surface area contributed by atoms with Crippen LogP contribution in [-0.2, 0) is 38.0 Å². The van der Waals surface area contributed by atoms with Gasteiger partial charge in [0.15, 0.2) is 11.4 Å². The summed E-state index contributed by atoms with van der Waals surface area (Å²) in [5.74, 6) is -0.677. The number of hydrogen-bond donors (Lipinski definition) is 5. The third-order valence-corrected chi connectivity index (χ3v) is 10.1. The van der Waals surface area contributed by atoms with Crippen molar-refractivity contribution in [3.63, 3.8) is 0 Å². The first-order valence-electron chi connectivity index (χ1n) is 17.8. The predicted molar refractivity (Wildman–Crippen MR) is 220 cm³/mol. The summed E-state index contributed by atoms with van der Waals surface area (Å²) in [6.07, 6.45) is 0.804. The van der Waals surface area contributed by atoms with E-state index in [0.717, 1.165) is 12.0 Å². The molecule has 0 aliphatic heterocycles. The van der Waals surface area contributed by atoms with E-state index in [0.29, 0.717) is 38.5 Å². The van der Waals surface area contributed by atoms with Gasteiger partial charge in [-0.2, -0.15) is 19.6 Å². The summed E-state index contributed by atoms with van der Waals surface area (Å²) in [6.45, 7) is 9.37. The van der Waals surface area contributed by atoms with Gasteiger partial charge in [0.2, 0.25) is 21.8 Å². The summed E-state index contributed by atoms with van der Waals surface area (Å²) in [5.41, 5.74) is 3.59. The van der Waals surface area contributed by atoms with Crippen molar-refractivity contribution in [3.8, 4) is 34.6 Å². The molecule has 313 valence electrons. The molecule has 59 heavy (non-hydrogen) atoms. The van der Waals surface area contributed by atoms with Gasteiger partial charge >= 0.3 is 0 Å². The Morgan fingerprint density at radius 3 is 1.69 bits per heavy atom. The number of halogens is 2. The molecular weight excluding hydrogens is 868 g/mol. The molecule has 0 amide bonds. The molecule has 0 bridgehead atoms. The third-order valence-electron chi connectivity index (χ3n) is 8.18. The zero-order chi connectivity index (χ0) is 42.1. The van der Waals surface area contributed by atoms with E-state index in [2.05, 4.69) is 35.4 Å². The van der Waals surface area contributed by atoms with Gasteiger partial charge in [-0.1, -0.05) is 48.3 Å². The number of phenolic OH excluding ortho intramolecular Hbond substituents is 2. The van der Waals surface area contributed by atoms with Crippen molar-refractivity contribution in [1.29, 1.82) is 0 Å². The van der Waals surface area contributed by atoms with E-state index in [1.54, 1.807) is 74.5 Å². The molecule has 0 saturated heterocycles. The van der Waals surface area contributed by atoms with E-state index in [1.165, 1.54) is 27.6 Å². The van der Waals surface area contributed by atoms with Gasteiger partial charge in [0.05, 0.1) is 40.4 Å². The quantitative estimate of drug-likeness (QED) is 0.0549. The standard InChI is InChI=1S/C21H24ClN5O5S.C18H17ClN4O2.Co/c1-13(2)32-10-9-23-33(30,31)17-7-8-19(28)18(12-17)24-25-20-14(3)26-27(21(20)29)16-6-4-5-15(22)11-16;1-3-12-7-8-16(24)15(9-12)20-21-17-11(2)22-23(18(17)25)14-6-4-5-13(19)10-14;/h4-8,11-13,23,28-29H,9-10H2,1-3H3;4-10,24-25H,3H2,1-2H3;. The molecule has 0 aliphatic rings. The number of benzene rings is 4. The summed E-state index contributed by atoms with van der Waals surface area (Å²) in [5, 5.41) is 66.6. The number of rotatable bonds is 13. The van der Waals surface area contributed by atoms with Gasteiger partial charge in [0, 0.05) is 33.4 Å². The first-order chi connectivity index (χ1) is 27.6. The van der Waals surface area contributed by atoms with Crippen LogP contribution >= 0.6 is 23.2 Å². The second kappa shape index (κ2) is 20.6. The van der Waals surface area contributed by atoms with Crippen LogP contribution in [0.5, 0.6) is 23.3 Å². The maximum Gasteiger partial charge on any atom is 0.243 e. The molecule has 16 nitrogen and oxygen atoms in total. The molecule has 6 aromatic rings. The van der Waals surface area contributed by atoms with Crippen LogP contribution in [0.1, 0.15) is 37.7 Å². The zero-order valence-electron chi connectivity index (χ0n) is 32.4. The van der Waals surface area contributed by atoms with Gasteiger partial charge in [-0.3, -0.25) is 0 Å². The fourth-order valence-corrected chi connectivity index (χ4v) is 6.61. The smallest absolute Gasteiger partial charge is 0.243 e. The Morgan fingerprint density at radius 1 is 0.729 bits per heavy atom. The fourth-order valence-electron chi connectivity index (χ4n) is 5.20. The largest absolute Gasteiger partial charge is 0.506 e. The maximum atomic E-state index is 12.5. The number of nitrogens with one attached hydrogen (secondary N) is 1. The number of phenols is 2. The van der Waals surface area contributed by atoms with Gasteiger partial charge in [-0.15, -0.1) is 20.5 Å². The second-order valence-corrected chi connectivity index (χ2v) is 15.5. The Morgan fingerprint density at radius 2 is 1.22 bits per heavy atom. The number of hydrogen-bond acceptors (Lipinski definition) is 13. The topological polar surface area (TPSA) is 221 Å². The van der Waals surface area contributed by atoms with Gasteiger partial charge in [0.1, 0.15) is 22.9 Å². The molecule has 0 spiro atoms. The molecule has 0 saturated carbocycles. The molecule has 2 aromatic heterocycles. The minimum Gasteiger partial charge on any atom is -0.506 e. The Kier molecular flexibility index (Phi) is 16.2. The number of aryl methyl sites for hydroxylation is 3. The molecule has 4 aromatic carbocycles. The van der Waals surface area contributed by atoms with Crippen molar-refractivity contribution in [1.82, 2.24) is 24.3 Å². The number of aromatic nitrogens is 4. The molecule has 2 heterocycles. The molecule has 1 radical (unpaired) electrons. The summed E-state index contributed by atoms with van der Waals surface area (Å²) < 4.78 is 35.4. The Bertz CT molecular complexity index is 2580. The summed E-state index contributed by atoms with van der Waals surface area (Å²) >= 11 is 12.0. The molecule has 6 rings (SSSR count). The van der Waals surface area contributed by atoms with Crippen LogP contribution < -0.4 is 4.72 Å². The van der Waals surface area contributed by atoms with Crippen LogP contribution in [0, 0.1) is 13.8 Å². The first kappa shape index (κ1) is 46.3. The van der Waals surface area contributed by atoms with Crippen molar-refractivity contribution in [2.45, 2.75) is 52.0 Å². The Labute approximate surface area is 361 Å². The van der Waals surface area contributed by atoms with E-state index >= 15 is 0 Å². The van der Waals surface area contributed by atoms with E-state index in [-0.39, 0.29) is 81.3 Å². The molecule has 0 fully saturated rings. The molecule has 0 unspecified atom stereocenters. The van der Waals surface area contributed by atoms with Crippen molar-refractivity contribution in [2.75, 3.05) is 13.2 Å².